The van der Waals surface area contributed by atoms with E-state index in [0.717, 1.165) is 54.3 Å². The van der Waals surface area contributed by atoms with Crippen LogP contribution in [0.1, 0.15) is 42.6 Å². The molecule has 1 fully saturated rings. The Balaban J connectivity index is 1.16. The molecule has 1 saturated heterocycles. The van der Waals surface area contributed by atoms with Crippen molar-refractivity contribution in [1.29, 1.82) is 0 Å². The molecule has 1 aromatic carbocycles. The molecule has 154 valence electrons. The van der Waals surface area contributed by atoms with E-state index >= 15 is 0 Å². The zero-order valence-corrected chi connectivity index (χ0v) is 17.7. The fourth-order valence-corrected chi connectivity index (χ4v) is 4.90. The summed E-state index contributed by atoms with van der Waals surface area (Å²) in [6, 6.07) is 13.9. The highest BCUT2D eigenvalue weighted by Crippen LogP contribution is 2.30. The van der Waals surface area contributed by atoms with Crippen molar-refractivity contribution in [1.82, 2.24) is 29.5 Å². The third kappa shape index (κ3) is 3.67. The molecule has 4 heterocycles. The number of hydrogen-bond acceptors (Lipinski definition) is 5. The minimum Gasteiger partial charge on any atom is -0.342 e. The van der Waals surface area contributed by atoms with E-state index < -0.39 is 0 Å². The lowest BCUT2D eigenvalue weighted by Gasteiger charge is -2.31. The Labute approximate surface area is 178 Å². The van der Waals surface area contributed by atoms with E-state index in [2.05, 4.69) is 31.5 Å². The Morgan fingerprint density at radius 1 is 1.17 bits per heavy atom. The first kappa shape index (κ1) is 19.1. The van der Waals surface area contributed by atoms with Crippen LogP contribution in [0.2, 0.25) is 0 Å². The number of H-pyrrole nitrogens is 1. The second-order valence-corrected chi connectivity index (χ2v) is 9.06. The fourth-order valence-electron chi connectivity index (χ4n) is 4.06. The van der Waals surface area contributed by atoms with Crippen LogP contribution in [0.25, 0.3) is 16.7 Å². The van der Waals surface area contributed by atoms with Crippen molar-refractivity contribution in [3.8, 4) is 0 Å². The van der Waals surface area contributed by atoms with E-state index in [4.69, 9.17) is 0 Å². The number of fused-ring (bicyclic) bond motifs is 2. The van der Waals surface area contributed by atoms with Gasteiger partial charge in [-0.1, -0.05) is 18.2 Å². The fraction of sp³-hybridized carbons (Fsp3) is 0.364. The van der Waals surface area contributed by atoms with Crippen molar-refractivity contribution in [2.24, 2.45) is 0 Å². The summed E-state index contributed by atoms with van der Waals surface area (Å²) in [6.07, 6.45) is 3.86. The van der Waals surface area contributed by atoms with Gasteiger partial charge in [-0.25, -0.2) is 4.98 Å². The Kier molecular flexibility index (Phi) is 5.16. The largest absolute Gasteiger partial charge is 0.342 e. The summed E-state index contributed by atoms with van der Waals surface area (Å²) in [5.41, 5.74) is 2.88. The molecular formula is C22H24N6OS. The molecule has 1 aliphatic heterocycles. The maximum Gasteiger partial charge on any atom is 0.232 e. The summed E-state index contributed by atoms with van der Waals surface area (Å²) in [5.74, 6) is 2.94. The molecule has 3 aromatic heterocycles. The lowest BCUT2D eigenvalue weighted by atomic mass is 9.96. The van der Waals surface area contributed by atoms with Crippen molar-refractivity contribution in [2.75, 3.05) is 18.8 Å². The maximum absolute atomic E-state index is 12.8. The highest BCUT2D eigenvalue weighted by Gasteiger charge is 2.27. The van der Waals surface area contributed by atoms with Gasteiger partial charge >= 0.3 is 0 Å². The van der Waals surface area contributed by atoms with Crippen LogP contribution >= 0.6 is 11.8 Å². The van der Waals surface area contributed by atoms with E-state index in [1.807, 2.05) is 53.6 Å². The number of rotatable bonds is 5. The molecule has 1 atom stereocenters. The topological polar surface area (TPSA) is 79.2 Å². The Morgan fingerprint density at radius 3 is 2.80 bits per heavy atom. The quantitative estimate of drug-likeness (QED) is 0.531. The van der Waals surface area contributed by atoms with Gasteiger partial charge in [-0.3, -0.25) is 9.20 Å². The van der Waals surface area contributed by atoms with Crippen molar-refractivity contribution < 1.29 is 4.79 Å². The van der Waals surface area contributed by atoms with E-state index in [1.165, 1.54) is 0 Å². The average molecular weight is 421 g/mol. The third-order valence-corrected chi connectivity index (χ3v) is 6.94. The predicted octanol–water partition coefficient (Wildman–Crippen LogP) is 3.81. The molecule has 1 aliphatic rings. The van der Waals surface area contributed by atoms with E-state index in [0.29, 0.717) is 11.7 Å². The molecule has 1 unspecified atom stereocenters. The van der Waals surface area contributed by atoms with Crippen LogP contribution in [0.5, 0.6) is 0 Å². The van der Waals surface area contributed by atoms with Gasteiger partial charge in [0.25, 0.3) is 0 Å². The molecule has 0 spiro atoms. The minimum absolute atomic E-state index is 0.140. The van der Waals surface area contributed by atoms with E-state index in [-0.39, 0.29) is 11.2 Å². The number of nitrogens with zero attached hydrogens (tertiary/aromatic N) is 5. The molecule has 5 rings (SSSR count). The number of thioether (sulfide) groups is 1. The van der Waals surface area contributed by atoms with Crippen molar-refractivity contribution in [3.63, 3.8) is 0 Å². The molecule has 0 saturated carbocycles. The molecule has 0 aliphatic carbocycles. The van der Waals surface area contributed by atoms with Gasteiger partial charge in [0.15, 0.2) is 5.65 Å². The highest BCUT2D eigenvalue weighted by atomic mass is 32.2. The number of benzene rings is 1. The number of carbonyl (C=O) groups excluding carboxylic acids is 1. The van der Waals surface area contributed by atoms with Crippen LogP contribution in [0.3, 0.4) is 0 Å². The Bertz CT molecular complexity index is 1140. The van der Waals surface area contributed by atoms with Crippen molar-refractivity contribution in [3.05, 3.63) is 60.3 Å². The number of amides is 1. The van der Waals surface area contributed by atoms with Crippen LogP contribution < -0.4 is 0 Å². The van der Waals surface area contributed by atoms with Gasteiger partial charge in [0.1, 0.15) is 11.6 Å². The SMILES string of the molecule is CC(SCC(=O)N1CCC(c2nnc3ccccn23)CC1)c1nc2ccccc2[nH]1. The number of imidazole rings is 1. The zero-order chi connectivity index (χ0) is 20.5. The molecule has 30 heavy (non-hydrogen) atoms. The minimum atomic E-state index is 0.140. The van der Waals surface area contributed by atoms with Gasteiger partial charge in [0.2, 0.25) is 5.91 Å². The van der Waals surface area contributed by atoms with E-state index in [1.54, 1.807) is 11.8 Å². The van der Waals surface area contributed by atoms with Crippen LogP contribution in [0.15, 0.2) is 48.7 Å². The normalized spacial score (nSPS) is 16.4. The predicted molar refractivity (Wildman–Crippen MR) is 119 cm³/mol. The second-order valence-electron chi connectivity index (χ2n) is 7.73. The maximum atomic E-state index is 12.8. The molecule has 8 heteroatoms. The number of carbonyl (C=O) groups is 1. The summed E-state index contributed by atoms with van der Waals surface area (Å²) < 4.78 is 2.06. The van der Waals surface area contributed by atoms with Crippen molar-refractivity contribution in [2.45, 2.75) is 30.9 Å². The number of aromatic nitrogens is 5. The first-order valence-corrected chi connectivity index (χ1v) is 11.4. The molecule has 1 amide bonds. The van der Waals surface area contributed by atoms with Crippen molar-refractivity contribution >= 4 is 34.3 Å². The molecular weight excluding hydrogens is 396 g/mol. The van der Waals surface area contributed by atoms with Gasteiger partial charge in [0.05, 0.1) is 22.0 Å². The molecule has 0 bridgehead atoms. The lowest BCUT2D eigenvalue weighted by Crippen LogP contribution is -2.39. The smallest absolute Gasteiger partial charge is 0.232 e. The zero-order valence-electron chi connectivity index (χ0n) is 16.9. The molecule has 7 nitrogen and oxygen atoms in total. The monoisotopic (exact) mass is 420 g/mol. The molecule has 4 aromatic rings. The number of aromatic amines is 1. The summed E-state index contributed by atoms with van der Waals surface area (Å²) in [6.45, 7) is 3.63. The van der Waals surface area contributed by atoms with Gasteiger partial charge in [-0.2, -0.15) is 0 Å². The van der Waals surface area contributed by atoms with Gasteiger partial charge in [-0.05, 0) is 44.0 Å². The number of hydrogen-bond donors (Lipinski definition) is 1. The standard InChI is InChI=1S/C22H24N6OS/c1-15(21-23-17-6-2-3-7-18(17)24-21)30-14-20(29)27-12-9-16(10-13-27)22-26-25-19-8-4-5-11-28(19)22/h2-8,11,15-16H,9-10,12-14H2,1H3,(H,23,24). The van der Waals surface area contributed by atoms with Gasteiger partial charge in [-0.15, -0.1) is 22.0 Å². The third-order valence-electron chi connectivity index (χ3n) is 5.80. The summed E-state index contributed by atoms with van der Waals surface area (Å²) in [5, 5.41) is 8.80. The summed E-state index contributed by atoms with van der Waals surface area (Å²) >= 11 is 1.64. The number of pyridine rings is 1. The molecule has 1 N–H and O–H groups in total. The number of likely N-dealkylation sites (tertiary alicyclic amines) is 1. The summed E-state index contributed by atoms with van der Waals surface area (Å²) in [7, 11) is 0. The Morgan fingerprint density at radius 2 is 1.97 bits per heavy atom. The van der Waals surface area contributed by atoms with Crippen LogP contribution in [0, 0.1) is 0 Å². The van der Waals surface area contributed by atoms with Crippen LogP contribution in [0.4, 0.5) is 0 Å². The first-order valence-electron chi connectivity index (χ1n) is 10.3. The van der Waals surface area contributed by atoms with E-state index in [9.17, 15) is 4.79 Å². The van der Waals surface area contributed by atoms with Crippen LogP contribution in [-0.4, -0.2) is 54.2 Å². The number of piperidine rings is 1. The molecule has 0 radical (unpaired) electrons. The number of nitrogens with one attached hydrogen (secondary N) is 1. The first-order chi connectivity index (χ1) is 14.7. The Hall–Kier alpha value is -2.87. The number of para-hydroxylation sites is 2. The second kappa shape index (κ2) is 8.10. The lowest BCUT2D eigenvalue weighted by molar-refractivity contribution is -0.129. The van der Waals surface area contributed by atoms with Gasteiger partial charge in [0, 0.05) is 25.2 Å². The van der Waals surface area contributed by atoms with Gasteiger partial charge < -0.3 is 9.88 Å². The van der Waals surface area contributed by atoms with Crippen LogP contribution in [-0.2, 0) is 4.79 Å². The average Bonchev–Trinajstić information content (AvgIpc) is 3.42. The highest BCUT2D eigenvalue weighted by molar-refractivity contribution is 8.00. The summed E-state index contributed by atoms with van der Waals surface area (Å²) in [4.78, 5) is 22.7.